The molecule has 0 bridgehead atoms. The fourth-order valence-electron chi connectivity index (χ4n) is 2.19. The first-order valence-electron chi connectivity index (χ1n) is 5.19. The van der Waals surface area contributed by atoms with Crippen LogP contribution in [-0.2, 0) is 6.42 Å². The maximum Gasteiger partial charge on any atom is 0.0728 e. The van der Waals surface area contributed by atoms with Gasteiger partial charge in [-0.15, -0.1) is 0 Å². The van der Waals surface area contributed by atoms with Crippen LogP contribution < -0.4 is 5.73 Å². The monoisotopic (exact) mass is 196 g/mol. The molecule has 0 unspecified atom stereocenters. The summed E-state index contributed by atoms with van der Waals surface area (Å²) in [5.41, 5.74) is 10.4. The molecule has 3 rings (SSSR count). The molecule has 2 aromatic rings. The highest BCUT2D eigenvalue weighted by Gasteiger charge is 2.10. The van der Waals surface area contributed by atoms with Crippen LogP contribution in [-0.4, -0.2) is 4.98 Å². The molecule has 2 heteroatoms. The molecule has 1 aromatic carbocycles. The number of fused-ring (bicyclic) bond motifs is 3. The predicted molar refractivity (Wildman–Crippen MR) is 63.5 cm³/mol. The van der Waals surface area contributed by atoms with E-state index in [-0.39, 0.29) is 0 Å². The largest absolute Gasteiger partial charge is 0.398 e. The Morgan fingerprint density at radius 3 is 3.07 bits per heavy atom. The van der Waals surface area contributed by atoms with Crippen molar-refractivity contribution in [3.8, 4) is 0 Å². The average molecular weight is 196 g/mol. The third kappa shape index (κ3) is 1.22. The molecule has 0 spiro atoms. The van der Waals surface area contributed by atoms with Gasteiger partial charge in [-0.05, 0) is 36.1 Å². The van der Waals surface area contributed by atoms with E-state index in [0.29, 0.717) is 0 Å². The number of rotatable bonds is 0. The van der Waals surface area contributed by atoms with Gasteiger partial charge in [-0.3, -0.25) is 4.98 Å². The summed E-state index contributed by atoms with van der Waals surface area (Å²) in [5.74, 6) is 0. The van der Waals surface area contributed by atoms with Gasteiger partial charge in [0.25, 0.3) is 0 Å². The van der Waals surface area contributed by atoms with Crippen LogP contribution in [0.2, 0.25) is 0 Å². The molecule has 1 heterocycles. The lowest BCUT2D eigenvalue weighted by molar-refractivity contribution is 0.989. The van der Waals surface area contributed by atoms with Crippen LogP contribution in [0.1, 0.15) is 17.5 Å². The molecule has 1 aliphatic rings. The van der Waals surface area contributed by atoms with Crippen molar-refractivity contribution >= 4 is 22.7 Å². The Balaban J connectivity index is 2.46. The highest BCUT2D eigenvalue weighted by atomic mass is 14.7. The molecule has 2 nitrogen and oxygen atoms in total. The van der Waals surface area contributed by atoms with Gasteiger partial charge in [-0.25, -0.2) is 0 Å². The number of hydrogen-bond acceptors (Lipinski definition) is 2. The number of hydrogen-bond donors (Lipinski definition) is 1. The van der Waals surface area contributed by atoms with Crippen molar-refractivity contribution in [2.45, 2.75) is 12.8 Å². The van der Waals surface area contributed by atoms with Crippen LogP contribution in [0.25, 0.3) is 17.0 Å². The van der Waals surface area contributed by atoms with Crippen molar-refractivity contribution in [3.05, 3.63) is 41.6 Å². The van der Waals surface area contributed by atoms with Gasteiger partial charge < -0.3 is 5.73 Å². The lowest BCUT2D eigenvalue weighted by Gasteiger charge is -2.13. The van der Waals surface area contributed by atoms with Crippen molar-refractivity contribution in [1.82, 2.24) is 4.98 Å². The van der Waals surface area contributed by atoms with Gasteiger partial charge in [0.1, 0.15) is 0 Å². The first-order valence-corrected chi connectivity index (χ1v) is 5.19. The van der Waals surface area contributed by atoms with E-state index in [2.05, 4.69) is 29.3 Å². The van der Waals surface area contributed by atoms with E-state index in [0.717, 1.165) is 29.4 Å². The van der Waals surface area contributed by atoms with Crippen LogP contribution in [0.4, 0.5) is 5.69 Å². The highest BCUT2D eigenvalue weighted by molar-refractivity contribution is 5.98. The maximum absolute atomic E-state index is 6.01. The van der Waals surface area contributed by atoms with E-state index in [1.54, 1.807) is 6.20 Å². The molecule has 74 valence electrons. The Hall–Kier alpha value is -1.83. The fraction of sp³-hybridized carbons (Fsp3) is 0.154. The molecule has 0 saturated carbocycles. The summed E-state index contributed by atoms with van der Waals surface area (Å²) in [5, 5.41) is 1.10. The predicted octanol–water partition coefficient (Wildman–Crippen LogP) is 2.78. The second kappa shape index (κ2) is 3.09. The lowest BCUT2D eigenvalue weighted by Crippen LogP contribution is -1.98. The smallest absolute Gasteiger partial charge is 0.0728 e. The summed E-state index contributed by atoms with van der Waals surface area (Å²) in [6.45, 7) is 0. The van der Waals surface area contributed by atoms with Crippen molar-refractivity contribution in [2.24, 2.45) is 0 Å². The quantitative estimate of drug-likeness (QED) is 0.703. The summed E-state index contributed by atoms with van der Waals surface area (Å²) in [4.78, 5) is 4.34. The van der Waals surface area contributed by atoms with Crippen LogP contribution in [0.15, 0.2) is 30.5 Å². The Bertz CT molecular complexity index is 556. The van der Waals surface area contributed by atoms with Crippen LogP contribution in [0.3, 0.4) is 0 Å². The Labute approximate surface area is 88.4 Å². The van der Waals surface area contributed by atoms with Crippen molar-refractivity contribution in [1.29, 1.82) is 0 Å². The number of anilines is 1. The molecule has 1 aliphatic carbocycles. The summed E-state index contributed by atoms with van der Waals surface area (Å²) < 4.78 is 0. The molecule has 0 saturated heterocycles. The Morgan fingerprint density at radius 1 is 1.20 bits per heavy atom. The molecule has 15 heavy (non-hydrogen) atoms. The van der Waals surface area contributed by atoms with Gasteiger partial charge >= 0.3 is 0 Å². The molecule has 0 radical (unpaired) electrons. The number of nitrogen functional groups attached to an aromatic ring is 1. The van der Waals surface area contributed by atoms with E-state index < -0.39 is 0 Å². The lowest BCUT2D eigenvalue weighted by atomic mass is 9.93. The van der Waals surface area contributed by atoms with Crippen molar-refractivity contribution in [2.75, 3.05) is 5.73 Å². The fourth-order valence-corrected chi connectivity index (χ4v) is 2.19. The summed E-state index contributed by atoms with van der Waals surface area (Å²) in [6.07, 6.45) is 8.36. The third-order valence-electron chi connectivity index (χ3n) is 2.94. The van der Waals surface area contributed by atoms with Crippen LogP contribution >= 0.6 is 0 Å². The van der Waals surface area contributed by atoms with E-state index in [9.17, 15) is 0 Å². The number of nitrogens with two attached hydrogens (primary N) is 1. The first kappa shape index (κ1) is 8.48. The van der Waals surface area contributed by atoms with Crippen molar-refractivity contribution in [3.63, 3.8) is 0 Å². The standard InChI is InChI=1S/C13H12N2/c14-11-7-8-15-12-6-5-9-3-1-2-4-10(9)13(11)12/h2,4-8H,1,3H2,(H2,14,15). The first-order chi connectivity index (χ1) is 7.36. The topological polar surface area (TPSA) is 38.9 Å². The molecular weight excluding hydrogens is 184 g/mol. The zero-order valence-electron chi connectivity index (χ0n) is 8.40. The summed E-state index contributed by atoms with van der Waals surface area (Å²) >= 11 is 0. The maximum atomic E-state index is 6.01. The number of pyridine rings is 1. The van der Waals surface area contributed by atoms with Gasteiger partial charge in [0.05, 0.1) is 5.52 Å². The number of benzene rings is 1. The van der Waals surface area contributed by atoms with Crippen LogP contribution in [0.5, 0.6) is 0 Å². The Morgan fingerprint density at radius 2 is 2.13 bits per heavy atom. The molecule has 1 aromatic heterocycles. The molecular formula is C13H12N2. The molecule has 0 aliphatic heterocycles. The SMILES string of the molecule is Nc1ccnc2ccc3c(c12)C=CCC3. The minimum atomic E-state index is 0.823. The minimum Gasteiger partial charge on any atom is -0.398 e. The second-order valence-electron chi connectivity index (χ2n) is 3.87. The van der Waals surface area contributed by atoms with E-state index >= 15 is 0 Å². The molecule has 2 N–H and O–H groups in total. The van der Waals surface area contributed by atoms with E-state index in [1.807, 2.05) is 6.07 Å². The zero-order chi connectivity index (χ0) is 10.3. The Kier molecular flexibility index (Phi) is 1.75. The number of aromatic nitrogens is 1. The highest BCUT2D eigenvalue weighted by Crippen LogP contribution is 2.30. The average Bonchev–Trinajstić information content (AvgIpc) is 2.29. The number of aryl methyl sites for hydroxylation is 1. The number of allylic oxidation sites excluding steroid dienone is 1. The normalized spacial score (nSPS) is 14.1. The van der Waals surface area contributed by atoms with Gasteiger partial charge in [0, 0.05) is 17.3 Å². The van der Waals surface area contributed by atoms with Gasteiger partial charge in [-0.2, -0.15) is 0 Å². The van der Waals surface area contributed by atoms with Gasteiger partial charge in [0.2, 0.25) is 0 Å². The number of nitrogens with zero attached hydrogens (tertiary/aromatic N) is 1. The van der Waals surface area contributed by atoms with Gasteiger partial charge in [0.15, 0.2) is 0 Å². The zero-order valence-corrected chi connectivity index (χ0v) is 8.40. The molecule has 0 amide bonds. The van der Waals surface area contributed by atoms with E-state index in [4.69, 9.17) is 5.73 Å². The summed E-state index contributed by atoms with van der Waals surface area (Å²) in [6, 6.07) is 6.09. The molecule has 0 atom stereocenters. The molecule has 0 fully saturated rings. The van der Waals surface area contributed by atoms with Crippen LogP contribution in [0, 0.1) is 0 Å². The summed E-state index contributed by atoms with van der Waals surface area (Å²) in [7, 11) is 0. The van der Waals surface area contributed by atoms with Crippen molar-refractivity contribution < 1.29 is 0 Å². The second-order valence-corrected chi connectivity index (χ2v) is 3.87. The third-order valence-corrected chi connectivity index (χ3v) is 2.94. The minimum absolute atomic E-state index is 0.823. The van der Waals surface area contributed by atoms with Gasteiger partial charge in [-0.1, -0.05) is 18.2 Å². The van der Waals surface area contributed by atoms with E-state index in [1.165, 1.54) is 11.1 Å².